The summed E-state index contributed by atoms with van der Waals surface area (Å²) in [5, 5.41) is 0. The molecule has 0 N–H and O–H groups in total. The van der Waals surface area contributed by atoms with Gasteiger partial charge in [0.15, 0.2) is 0 Å². The number of rotatable bonds is 4. The van der Waals surface area contributed by atoms with E-state index >= 15 is 0 Å². The fraction of sp³-hybridized carbons (Fsp3) is 0.538. The van der Waals surface area contributed by atoms with E-state index in [1.807, 2.05) is 52.0 Å². The predicted molar refractivity (Wildman–Crippen MR) is 74.2 cm³/mol. The van der Waals surface area contributed by atoms with E-state index in [2.05, 4.69) is 15.9 Å². The van der Waals surface area contributed by atoms with Gasteiger partial charge in [-0.1, -0.05) is 39.8 Å². The lowest BCUT2D eigenvalue weighted by atomic mass is 10.3. The highest BCUT2D eigenvalue weighted by molar-refractivity contribution is 9.10. The van der Waals surface area contributed by atoms with E-state index < -0.39 is 0 Å². The van der Waals surface area contributed by atoms with E-state index in [9.17, 15) is 0 Å². The van der Waals surface area contributed by atoms with Crippen molar-refractivity contribution >= 4 is 15.9 Å². The Labute approximate surface area is 108 Å². The third-order valence-electron chi connectivity index (χ3n) is 1.38. The van der Waals surface area contributed by atoms with Crippen LogP contribution in [0, 0.1) is 0 Å². The van der Waals surface area contributed by atoms with Gasteiger partial charge in [0.25, 0.3) is 0 Å². The lowest BCUT2D eigenvalue weighted by Gasteiger charge is -2.06. The van der Waals surface area contributed by atoms with Gasteiger partial charge in [-0.3, -0.25) is 0 Å². The molecule has 0 fully saturated rings. The van der Waals surface area contributed by atoms with Gasteiger partial charge in [-0.15, -0.1) is 0 Å². The molecular formula is C13H23BrO2. The maximum atomic E-state index is 5.41. The number of hydrogen-bond acceptors (Lipinski definition) is 2. The van der Waals surface area contributed by atoms with Crippen molar-refractivity contribution in [2.45, 2.75) is 27.7 Å². The lowest BCUT2D eigenvalue weighted by Crippen LogP contribution is -2.04. The van der Waals surface area contributed by atoms with Gasteiger partial charge >= 0.3 is 0 Å². The van der Waals surface area contributed by atoms with E-state index in [1.54, 1.807) is 7.11 Å². The van der Waals surface area contributed by atoms with Crippen LogP contribution in [0.25, 0.3) is 0 Å². The molecule has 0 aromatic heterocycles. The van der Waals surface area contributed by atoms with Crippen molar-refractivity contribution < 1.29 is 9.47 Å². The molecule has 0 atom stereocenters. The molecule has 3 heteroatoms. The molecule has 1 aromatic rings. The molecule has 16 heavy (non-hydrogen) atoms. The fourth-order valence-corrected chi connectivity index (χ4v) is 1.20. The predicted octanol–water partition coefficient (Wildman–Crippen LogP) is 4.53. The summed E-state index contributed by atoms with van der Waals surface area (Å²) in [6.07, 6.45) is 0. The zero-order valence-corrected chi connectivity index (χ0v) is 12.5. The summed E-state index contributed by atoms with van der Waals surface area (Å²) in [5.41, 5.74) is 0. The van der Waals surface area contributed by atoms with E-state index in [4.69, 9.17) is 9.47 Å². The molecule has 0 saturated carbocycles. The van der Waals surface area contributed by atoms with Crippen molar-refractivity contribution in [2.75, 3.05) is 20.3 Å². The zero-order valence-electron chi connectivity index (χ0n) is 10.9. The Morgan fingerprint density at radius 3 is 2.06 bits per heavy atom. The second-order valence-electron chi connectivity index (χ2n) is 2.27. The second kappa shape index (κ2) is 14.5. The first-order valence-electron chi connectivity index (χ1n) is 5.71. The highest BCUT2D eigenvalue weighted by atomic mass is 79.9. The average Bonchev–Trinajstić information content (AvgIpc) is 2.37. The van der Waals surface area contributed by atoms with Gasteiger partial charge in [0, 0.05) is 7.11 Å². The third-order valence-corrected chi connectivity index (χ3v) is 2.04. The summed E-state index contributed by atoms with van der Waals surface area (Å²) in [7, 11) is 1.66. The monoisotopic (exact) mass is 290 g/mol. The Bertz CT molecular complexity index is 239. The van der Waals surface area contributed by atoms with E-state index in [0.717, 1.165) is 10.2 Å². The van der Waals surface area contributed by atoms with Crippen molar-refractivity contribution in [3.63, 3.8) is 0 Å². The number of benzene rings is 1. The SMILES string of the molecule is CC.CC.COCCOc1ccccc1Br. The number of halogens is 1. The molecule has 0 bridgehead atoms. The maximum absolute atomic E-state index is 5.41. The Morgan fingerprint density at radius 2 is 1.56 bits per heavy atom. The van der Waals surface area contributed by atoms with Crippen molar-refractivity contribution in [2.24, 2.45) is 0 Å². The van der Waals surface area contributed by atoms with Gasteiger partial charge in [0.05, 0.1) is 11.1 Å². The maximum Gasteiger partial charge on any atom is 0.133 e. The number of para-hydroxylation sites is 1. The zero-order chi connectivity index (χ0) is 12.8. The van der Waals surface area contributed by atoms with Crippen LogP contribution in [0.3, 0.4) is 0 Å². The van der Waals surface area contributed by atoms with Crippen molar-refractivity contribution in [3.05, 3.63) is 28.7 Å². The fourth-order valence-electron chi connectivity index (χ4n) is 0.797. The summed E-state index contributed by atoms with van der Waals surface area (Å²) in [6, 6.07) is 7.75. The molecule has 0 aliphatic carbocycles. The van der Waals surface area contributed by atoms with Gasteiger partial charge in [-0.05, 0) is 28.1 Å². The molecule has 0 aliphatic heterocycles. The van der Waals surface area contributed by atoms with Gasteiger partial charge < -0.3 is 9.47 Å². The van der Waals surface area contributed by atoms with Gasteiger partial charge in [0.2, 0.25) is 0 Å². The molecule has 0 unspecified atom stereocenters. The quantitative estimate of drug-likeness (QED) is 0.759. The summed E-state index contributed by atoms with van der Waals surface area (Å²) in [4.78, 5) is 0. The van der Waals surface area contributed by atoms with Crippen molar-refractivity contribution in [3.8, 4) is 5.75 Å². The molecule has 2 nitrogen and oxygen atoms in total. The van der Waals surface area contributed by atoms with Gasteiger partial charge in [0.1, 0.15) is 12.4 Å². The minimum Gasteiger partial charge on any atom is -0.490 e. The van der Waals surface area contributed by atoms with Gasteiger partial charge in [-0.25, -0.2) is 0 Å². The Hall–Kier alpha value is -0.540. The summed E-state index contributed by atoms with van der Waals surface area (Å²) in [6.45, 7) is 9.19. The first-order valence-corrected chi connectivity index (χ1v) is 6.50. The molecule has 1 rings (SSSR count). The van der Waals surface area contributed by atoms with Gasteiger partial charge in [-0.2, -0.15) is 0 Å². The summed E-state index contributed by atoms with van der Waals surface area (Å²) in [5.74, 6) is 0.856. The highest BCUT2D eigenvalue weighted by Gasteiger charge is 1.97. The first-order chi connectivity index (χ1) is 7.84. The van der Waals surface area contributed by atoms with Crippen LogP contribution in [0.15, 0.2) is 28.7 Å². The average molecular weight is 291 g/mol. The Balaban J connectivity index is 0. The third kappa shape index (κ3) is 8.74. The Morgan fingerprint density at radius 1 is 1.00 bits per heavy atom. The lowest BCUT2D eigenvalue weighted by molar-refractivity contribution is 0.146. The number of methoxy groups -OCH3 is 1. The molecule has 0 spiro atoms. The van der Waals surface area contributed by atoms with Crippen LogP contribution in [0.5, 0.6) is 5.75 Å². The largest absolute Gasteiger partial charge is 0.490 e. The normalized spacial score (nSPS) is 8.12. The molecule has 0 amide bonds. The van der Waals surface area contributed by atoms with E-state index in [-0.39, 0.29) is 0 Å². The number of hydrogen-bond donors (Lipinski definition) is 0. The van der Waals surface area contributed by atoms with Crippen molar-refractivity contribution in [1.82, 2.24) is 0 Å². The van der Waals surface area contributed by atoms with E-state index in [0.29, 0.717) is 13.2 Å². The smallest absolute Gasteiger partial charge is 0.133 e. The van der Waals surface area contributed by atoms with Crippen LogP contribution in [0.4, 0.5) is 0 Å². The van der Waals surface area contributed by atoms with E-state index in [1.165, 1.54) is 0 Å². The number of ether oxygens (including phenoxy) is 2. The van der Waals surface area contributed by atoms with Crippen molar-refractivity contribution in [1.29, 1.82) is 0 Å². The van der Waals surface area contributed by atoms with Crippen LogP contribution in [-0.2, 0) is 4.74 Å². The Kier molecular flexibility index (Phi) is 16.1. The molecule has 0 heterocycles. The molecule has 0 saturated heterocycles. The summed E-state index contributed by atoms with van der Waals surface area (Å²) < 4.78 is 11.2. The topological polar surface area (TPSA) is 18.5 Å². The molecular weight excluding hydrogens is 268 g/mol. The van der Waals surface area contributed by atoms with Crippen LogP contribution in [-0.4, -0.2) is 20.3 Å². The molecule has 0 aliphatic rings. The second-order valence-corrected chi connectivity index (χ2v) is 3.13. The molecule has 94 valence electrons. The minimum absolute atomic E-state index is 0.582. The first kappa shape index (κ1) is 17.8. The highest BCUT2D eigenvalue weighted by Crippen LogP contribution is 2.23. The minimum atomic E-state index is 0.582. The molecule has 1 aromatic carbocycles. The van der Waals surface area contributed by atoms with Crippen LogP contribution in [0.1, 0.15) is 27.7 Å². The van der Waals surface area contributed by atoms with Crippen LogP contribution in [0.2, 0.25) is 0 Å². The van der Waals surface area contributed by atoms with Crippen LogP contribution < -0.4 is 4.74 Å². The standard InChI is InChI=1S/C9H11BrO2.2C2H6/c1-11-6-7-12-9-5-3-2-4-8(9)10;2*1-2/h2-5H,6-7H2,1H3;2*1-2H3. The summed E-state index contributed by atoms with van der Waals surface area (Å²) >= 11 is 3.38. The van der Waals surface area contributed by atoms with Crippen LogP contribution >= 0.6 is 15.9 Å². The molecule has 0 radical (unpaired) electrons.